The minimum atomic E-state index is -4.51. The second-order valence-corrected chi connectivity index (χ2v) is 7.12. The Kier molecular flexibility index (Phi) is 5.25. The Morgan fingerprint density at radius 3 is 2.62 bits per heavy atom. The van der Waals surface area contributed by atoms with Crippen LogP contribution in [0, 0.1) is 0 Å². The first-order valence-electron chi connectivity index (χ1n) is 9.50. The normalized spacial score (nSPS) is 12.7. The van der Waals surface area contributed by atoms with Gasteiger partial charge in [-0.2, -0.15) is 18.3 Å². The average Bonchev–Trinajstić information content (AvgIpc) is 3.35. The van der Waals surface area contributed by atoms with Crippen LogP contribution in [0.1, 0.15) is 34.6 Å². The van der Waals surface area contributed by atoms with Crippen molar-refractivity contribution in [1.82, 2.24) is 25.1 Å². The van der Waals surface area contributed by atoms with Crippen LogP contribution in [0.25, 0.3) is 16.7 Å². The summed E-state index contributed by atoms with van der Waals surface area (Å²) < 4.78 is 45.4. The third-order valence-electron chi connectivity index (χ3n) is 4.94. The van der Waals surface area contributed by atoms with Crippen LogP contribution in [0.4, 0.5) is 13.2 Å². The SMILES string of the molecule is COc1cn(-c2cccc(C(F)(F)F)c2)nc1C(=O)NC(C)c1ccc2[nH]c(=O)[nH]c2c1. The van der Waals surface area contributed by atoms with Gasteiger partial charge in [-0.05, 0) is 42.8 Å². The van der Waals surface area contributed by atoms with Gasteiger partial charge in [0.25, 0.3) is 5.91 Å². The van der Waals surface area contributed by atoms with E-state index in [4.69, 9.17) is 4.74 Å². The van der Waals surface area contributed by atoms with Crippen LogP contribution in [-0.2, 0) is 6.18 Å². The maximum absolute atomic E-state index is 13.0. The van der Waals surface area contributed by atoms with Crippen molar-refractivity contribution < 1.29 is 22.7 Å². The molecular formula is C21H18F3N5O3. The van der Waals surface area contributed by atoms with Gasteiger partial charge in [0.2, 0.25) is 0 Å². The molecule has 0 aliphatic carbocycles. The number of nitrogens with zero attached hydrogens (tertiary/aromatic N) is 2. The largest absolute Gasteiger partial charge is 0.493 e. The molecule has 0 spiro atoms. The zero-order valence-electron chi connectivity index (χ0n) is 16.9. The molecule has 0 saturated heterocycles. The van der Waals surface area contributed by atoms with E-state index in [2.05, 4.69) is 20.4 Å². The number of halogens is 3. The monoisotopic (exact) mass is 445 g/mol. The molecule has 2 heterocycles. The van der Waals surface area contributed by atoms with Crippen molar-refractivity contribution in [2.75, 3.05) is 7.11 Å². The van der Waals surface area contributed by atoms with Gasteiger partial charge in [0, 0.05) is 0 Å². The first-order valence-corrected chi connectivity index (χ1v) is 9.50. The van der Waals surface area contributed by atoms with Crippen molar-refractivity contribution in [2.24, 2.45) is 0 Å². The molecule has 0 fully saturated rings. The number of nitrogens with one attached hydrogen (secondary N) is 3. The molecule has 166 valence electrons. The Balaban J connectivity index is 1.59. The number of hydrogen-bond donors (Lipinski definition) is 3. The highest BCUT2D eigenvalue weighted by atomic mass is 19.4. The van der Waals surface area contributed by atoms with Gasteiger partial charge >= 0.3 is 11.9 Å². The van der Waals surface area contributed by atoms with Crippen molar-refractivity contribution in [3.63, 3.8) is 0 Å². The van der Waals surface area contributed by atoms with Crippen LogP contribution in [0.2, 0.25) is 0 Å². The standard InChI is InChI=1S/C21H18F3N5O3/c1-11(12-6-7-15-16(8-12)27-20(31)26-15)25-19(30)18-17(32-2)10-29(28-18)14-5-3-4-13(9-14)21(22,23)24/h3-11H,1-2H3,(H,25,30)(H2,26,27,31). The van der Waals surface area contributed by atoms with Crippen LogP contribution in [0.5, 0.6) is 5.75 Å². The lowest BCUT2D eigenvalue weighted by Gasteiger charge is -2.14. The highest BCUT2D eigenvalue weighted by molar-refractivity contribution is 5.95. The molecule has 8 nitrogen and oxygen atoms in total. The summed E-state index contributed by atoms with van der Waals surface area (Å²) in [6.07, 6.45) is -3.17. The number of imidazole rings is 1. The van der Waals surface area contributed by atoms with Crippen molar-refractivity contribution in [3.05, 3.63) is 76.0 Å². The molecule has 1 unspecified atom stereocenters. The fourth-order valence-corrected chi connectivity index (χ4v) is 3.29. The van der Waals surface area contributed by atoms with Gasteiger partial charge in [-0.1, -0.05) is 12.1 Å². The fraction of sp³-hybridized carbons (Fsp3) is 0.190. The van der Waals surface area contributed by atoms with Crippen molar-refractivity contribution >= 4 is 16.9 Å². The molecule has 11 heteroatoms. The third kappa shape index (κ3) is 4.09. The number of aromatic nitrogens is 4. The first kappa shape index (κ1) is 21.2. The van der Waals surface area contributed by atoms with Gasteiger partial charge in [-0.25, -0.2) is 9.48 Å². The molecule has 0 saturated carbocycles. The van der Waals surface area contributed by atoms with E-state index in [-0.39, 0.29) is 22.8 Å². The lowest BCUT2D eigenvalue weighted by atomic mass is 10.1. The summed E-state index contributed by atoms with van der Waals surface area (Å²) in [5.74, 6) is -0.458. The number of hydrogen-bond acceptors (Lipinski definition) is 4. The van der Waals surface area contributed by atoms with E-state index >= 15 is 0 Å². The molecule has 1 atom stereocenters. The zero-order chi connectivity index (χ0) is 23.0. The summed E-state index contributed by atoms with van der Waals surface area (Å²) in [5, 5.41) is 6.92. The zero-order valence-corrected chi connectivity index (χ0v) is 16.9. The molecule has 4 aromatic rings. The maximum Gasteiger partial charge on any atom is 0.416 e. The van der Waals surface area contributed by atoms with Crippen LogP contribution in [0.3, 0.4) is 0 Å². The molecule has 32 heavy (non-hydrogen) atoms. The van der Waals surface area contributed by atoms with E-state index in [0.717, 1.165) is 22.4 Å². The minimum absolute atomic E-state index is 0.0760. The Bertz CT molecular complexity index is 1350. The van der Waals surface area contributed by atoms with E-state index in [1.54, 1.807) is 25.1 Å². The lowest BCUT2D eigenvalue weighted by Crippen LogP contribution is -2.27. The van der Waals surface area contributed by atoms with Gasteiger partial charge in [0.15, 0.2) is 11.4 Å². The Hall–Kier alpha value is -4.02. The topological polar surface area (TPSA) is 105 Å². The predicted octanol–water partition coefficient (Wildman–Crippen LogP) is 3.56. The minimum Gasteiger partial charge on any atom is -0.493 e. The maximum atomic E-state index is 13.0. The highest BCUT2D eigenvalue weighted by Gasteiger charge is 2.31. The number of H-pyrrole nitrogens is 2. The number of aromatic amines is 2. The van der Waals surface area contributed by atoms with Crippen LogP contribution in [-0.4, -0.2) is 32.8 Å². The number of methoxy groups -OCH3 is 1. The molecule has 3 N–H and O–H groups in total. The summed E-state index contributed by atoms with van der Waals surface area (Å²) in [5.41, 5.74) is 0.858. The number of amides is 1. The van der Waals surface area contributed by atoms with E-state index < -0.39 is 23.7 Å². The number of carbonyl (C=O) groups excluding carboxylic acids is 1. The average molecular weight is 445 g/mol. The van der Waals surface area contributed by atoms with Gasteiger partial charge < -0.3 is 20.0 Å². The number of ether oxygens (including phenoxy) is 1. The van der Waals surface area contributed by atoms with Gasteiger partial charge in [0.1, 0.15) is 0 Å². The first-order chi connectivity index (χ1) is 15.2. The van der Waals surface area contributed by atoms with Crippen LogP contribution >= 0.6 is 0 Å². The number of fused-ring (bicyclic) bond motifs is 1. The second kappa shape index (κ2) is 7.91. The molecule has 0 aliphatic heterocycles. The highest BCUT2D eigenvalue weighted by Crippen LogP contribution is 2.31. The van der Waals surface area contributed by atoms with Gasteiger partial charge in [0.05, 0.1) is 41.6 Å². The molecule has 4 rings (SSSR count). The van der Waals surface area contributed by atoms with Crippen molar-refractivity contribution in [2.45, 2.75) is 19.1 Å². The third-order valence-corrected chi connectivity index (χ3v) is 4.94. The predicted molar refractivity (Wildman–Crippen MR) is 110 cm³/mol. The second-order valence-electron chi connectivity index (χ2n) is 7.12. The Labute approximate surface area is 179 Å². The molecule has 2 aromatic carbocycles. The van der Waals surface area contributed by atoms with Crippen LogP contribution < -0.4 is 15.7 Å². The lowest BCUT2D eigenvalue weighted by molar-refractivity contribution is -0.137. The van der Waals surface area contributed by atoms with E-state index in [1.807, 2.05) is 0 Å². The Morgan fingerprint density at radius 1 is 1.16 bits per heavy atom. The number of rotatable bonds is 5. The van der Waals surface area contributed by atoms with E-state index in [0.29, 0.717) is 11.0 Å². The number of carbonyl (C=O) groups is 1. The smallest absolute Gasteiger partial charge is 0.416 e. The van der Waals surface area contributed by atoms with Crippen LogP contribution in [0.15, 0.2) is 53.5 Å². The molecular weight excluding hydrogens is 427 g/mol. The van der Waals surface area contributed by atoms with Gasteiger partial charge in [-0.15, -0.1) is 0 Å². The molecule has 0 bridgehead atoms. The van der Waals surface area contributed by atoms with E-state index in [9.17, 15) is 22.8 Å². The quantitative estimate of drug-likeness (QED) is 0.437. The molecule has 2 aromatic heterocycles. The number of alkyl halides is 3. The van der Waals surface area contributed by atoms with Crippen molar-refractivity contribution in [1.29, 1.82) is 0 Å². The summed E-state index contributed by atoms with van der Waals surface area (Å²) >= 11 is 0. The Morgan fingerprint density at radius 2 is 1.91 bits per heavy atom. The van der Waals surface area contributed by atoms with Gasteiger partial charge in [-0.3, -0.25) is 4.79 Å². The molecule has 0 aliphatic rings. The molecule has 1 amide bonds. The fourth-order valence-electron chi connectivity index (χ4n) is 3.29. The van der Waals surface area contributed by atoms with Crippen molar-refractivity contribution in [3.8, 4) is 11.4 Å². The molecule has 0 radical (unpaired) electrons. The summed E-state index contributed by atoms with van der Waals surface area (Å²) in [7, 11) is 1.34. The summed E-state index contributed by atoms with van der Waals surface area (Å²) in [6, 6.07) is 9.35. The number of benzene rings is 2. The summed E-state index contributed by atoms with van der Waals surface area (Å²) in [4.78, 5) is 29.6. The summed E-state index contributed by atoms with van der Waals surface area (Å²) in [6.45, 7) is 1.75. The van der Waals surface area contributed by atoms with E-state index in [1.165, 1.54) is 25.4 Å².